The van der Waals surface area contributed by atoms with Crippen LogP contribution >= 0.6 is 0 Å². The third-order valence-electron chi connectivity index (χ3n) is 8.49. The van der Waals surface area contributed by atoms with E-state index in [1.807, 2.05) is 22.8 Å². The zero-order chi connectivity index (χ0) is 28.1. The van der Waals surface area contributed by atoms with Gasteiger partial charge in [-0.1, -0.05) is 12.1 Å². The summed E-state index contributed by atoms with van der Waals surface area (Å²) in [6, 6.07) is 12.0. The van der Waals surface area contributed by atoms with Crippen LogP contribution in [0.15, 0.2) is 40.8 Å². The van der Waals surface area contributed by atoms with Crippen LogP contribution in [-0.2, 0) is 29.8 Å². The van der Waals surface area contributed by atoms with Gasteiger partial charge in [-0.25, -0.2) is 19.2 Å². The molecular formula is C29H27FN6O5. The predicted molar refractivity (Wildman–Crippen MR) is 140 cm³/mol. The molecule has 7 rings (SSSR count). The number of carboxylic acids is 1. The third-order valence-corrected chi connectivity index (χ3v) is 8.49. The first-order chi connectivity index (χ1) is 19.9. The van der Waals surface area contributed by atoms with Crippen LogP contribution in [0.25, 0.3) is 11.4 Å². The highest BCUT2D eigenvalue weighted by Crippen LogP contribution is 2.59. The molecule has 3 aromatic heterocycles. The molecule has 0 amide bonds. The molecule has 11 nitrogen and oxygen atoms in total. The lowest BCUT2D eigenvalue weighted by Crippen LogP contribution is -2.37. The van der Waals surface area contributed by atoms with Crippen molar-refractivity contribution in [3.8, 4) is 11.9 Å². The molecule has 1 saturated carbocycles. The largest absolute Gasteiger partial charge is 0.474 e. The molecule has 4 aromatic rings. The van der Waals surface area contributed by atoms with E-state index >= 15 is 0 Å². The quantitative estimate of drug-likeness (QED) is 0.324. The van der Waals surface area contributed by atoms with Crippen LogP contribution in [0.3, 0.4) is 0 Å². The Labute approximate surface area is 234 Å². The molecule has 0 spiro atoms. The van der Waals surface area contributed by atoms with E-state index in [1.165, 1.54) is 6.07 Å². The summed E-state index contributed by atoms with van der Waals surface area (Å²) in [6.07, 6.45) is 2.95. The first-order valence-corrected chi connectivity index (χ1v) is 13.6. The van der Waals surface area contributed by atoms with Crippen molar-refractivity contribution >= 4 is 17.3 Å². The van der Waals surface area contributed by atoms with E-state index in [0.717, 1.165) is 50.5 Å². The second-order valence-electron chi connectivity index (χ2n) is 11.0. The van der Waals surface area contributed by atoms with Gasteiger partial charge in [0.15, 0.2) is 0 Å². The summed E-state index contributed by atoms with van der Waals surface area (Å²) in [5.74, 6) is -0.381. The number of aromatic carboxylic acids is 1. The molecule has 0 unspecified atom stereocenters. The number of nitriles is 1. The first-order valence-electron chi connectivity index (χ1n) is 13.6. The number of carboxylic acid groups (broad SMARTS) is 1. The van der Waals surface area contributed by atoms with E-state index in [2.05, 4.69) is 14.9 Å². The standard InChI is InChI=1S/C29H27FN6O5/c30-21-10-17(12-31)4-5-18(21)16-40-24-3-1-2-22(32-24)29-7-8-35(13-19(29)11-29)15-23-33-25-27(41-26(34-25)28(37)38)36(23)14-20-6-9-39-20/h1-5,10,19-20H,6-9,11,13-16H2,(H,37,38)/t19-,20-,29+/m0/s1. The van der Waals surface area contributed by atoms with Crippen molar-refractivity contribution in [2.75, 3.05) is 19.7 Å². The maximum atomic E-state index is 14.3. The second-order valence-corrected chi connectivity index (χ2v) is 11.0. The number of oxazole rings is 1. The number of likely N-dealkylation sites (tertiary alicyclic amines) is 1. The normalized spacial score (nSPS) is 23.5. The average molecular weight is 559 g/mol. The summed E-state index contributed by atoms with van der Waals surface area (Å²) in [5, 5.41) is 18.2. The lowest BCUT2D eigenvalue weighted by atomic mass is 9.91. The number of pyridine rings is 1. The maximum absolute atomic E-state index is 14.3. The molecule has 3 fully saturated rings. The summed E-state index contributed by atoms with van der Waals surface area (Å²) in [4.78, 5) is 27.2. The molecule has 1 aromatic carbocycles. The lowest BCUT2D eigenvalue weighted by molar-refractivity contribution is -0.0595. The fraction of sp³-hybridized carbons (Fsp3) is 0.414. The lowest BCUT2D eigenvalue weighted by Gasteiger charge is -2.32. The Morgan fingerprint density at radius 2 is 2.15 bits per heavy atom. The topological polar surface area (TPSA) is 140 Å². The molecule has 2 aliphatic heterocycles. The van der Waals surface area contributed by atoms with Crippen LogP contribution in [0.2, 0.25) is 0 Å². The Morgan fingerprint density at radius 3 is 2.88 bits per heavy atom. The first kappa shape index (κ1) is 25.6. The molecule has 12 heteroatoms. The average Bonchev–Trinajstić information content (AvgIpc) is 3.40. The van der Waals surface area contributed by atoms with Crippen molar-refractivity contribution < 1.29 is 28.2 Å². The van der Waals surface area contributed by atoms with Crippen LogP contribution in [0.4, 0.5) is 4.39 Å². The van der Waals surface area contributed by atoms with Crippen molar-refractivity contribution in [3.63, 3.8) is 0 Å². The number of aromatic nitrogens is 4. The monoisotopic (exact) mass is 558 g/mol. The van der Waals surface area contributed by atoms with Crippen molar-refractivity contribution in [2.45, 2.75) is 50.5 Å². The van der Waals surface area contributed by atoms with Crippen molar-refractivity contribution in [1.82, 2.24) is 24.4 Å². The summed E-state index contributed by atoms with van der Waals surface area (Å²) < 4.78 is 33.2. The van der Waals surface area contributed by atoms with Crippen LogP contribution in [0.5, 0.6) is 5.88 Å². The minimum atomic E-state index is -1.22. The van der Waals surface area contributed by atoms with Gasteiger partial charge in [-0.3, -0.25) is 9.47 Å². The second kappa shape index (κ2) is 9.94. The van der Waals surface area contributed by atoms with Crippen LogP contribution in [-0.4, -0.2) is 61.3 Å². The highest BCUT2D eigenvalue weighted by atomic mass is 19.1. The number of fused-ring (bicyclic) bond motifs is 2. The highest BCUT2D eigenvalue weighted by molar-refractivity contribution is 5.85. The Balaban J connectivity index is 1.03. The van der Waals surface area contributed by atoms with Crippen molar-refractivity contribution in [2.24, 2.45) is 5.92 Å². The Kier molecular flexibility index (Phi) is 6.21. The molecular weight excluding hydrogens is 531 g/mol. The number of ether oxygens (including phenoxy) is 2. The molecule has 1 N–H and O–H groups in total. The third kappa shape index (κ3) is 4.71. The molecule has 5 heterocycles. The van der Waals surface area contributed by atoms with Gasteiger partial charge in [0.1, 0.15) is 18.2 Å². The fourth-order valence-electron chi connectivity index (χ4n) is 6.02. The van der Waals surface area contributed by atoms with Crippen molar-refractivity contribution in [1.29, 1.82) is 5.26 Å². The smallest absolute Gasteiger partial charge is 0.392 e. The van der Waals surface area contributed by atoms with Gasteiger partial charge in [-0.15, -0.1) is 0 Å². The molecule has 41 heavy (non-hydrogen) atoms. The van der Waals surface area contributed by atoms with Crippen LogP contribution < -0.4 is 4.74 Å². The number of nitrogens with zero attached hydrogens (tertiary/aromatic N) is 6. The van der Waals surface area contributed by atoms with Gasteiger partial charge in [-0.2, -0.15) is 10.2 Å². The SMILES string of the molecule is N#Cc1ccc(COc2cccc([C@@]34CCN(Cc5nc6nc(C(=O)O)oc6n5C[C@@H]5CCO5)C[C@@H]3C4)n2)c(F)c1. The Bertz CT molecular complexity index is 1690. The molecule has 3 aliphatic rings. The van der Waals surface area contributed by atoms with Gasteiger partial charge in [0, 0.05) is 30.2 Å². The predicted octanol–water partition coefficient (Wildman–Crippen LogP) is 3.66. The number of hydrogen-bond acceptors (Lipinski definition) is 9. The number of piperidine rings is 1. The Hall–Kier alpha value is -4.34. The van der Waals surface area contributed by atoms with Gasteiger partial charge in [0.25, 0.3) is 0 Å². The van der Waals surface area contributed by atoms with Gasteiger partial charge >= 0.3 is 11.9 Å². The molecule has 210 valence electrons. The summed E-state index contributed by atoms with van der Waals surface area (Å²) >= 11 is 0. The molecule has 3 atom stereocenters. The van der Waals surface area contributed by atoms with E-state index in [9.17, 15) is 14.3 Å². The van der Waals surface area contributed by atoms with E-state index in [4.69, 9.17) is 24.1 Å². The summed E-state index contributed by atoms with van der Waals surface area (Å²) in [5.41, 5.74) is 2.30. The number of imidazole rings is 1. The molecule has 0 radical (unpaired) electrons. The number of rotatable bonds is 9. The minimum absolute atomic E-state index is 0.00366. The van der Waals surface area contributed by atoms with E-state index in [1.54, 1.807) is 18.2 Å². The van der Waals surface area contributed by atoms with Gasteiger partial charge in [0.2, 0.25) is 17.2 Å². The molecule has 0 bridgehead atoms. The summed E-state index contributed by atoms with van der Waals surface area (Å²) in [6.45, 7) is 3.62. The molecule has 1 aliphatic carbocycles. The summed E-state index contributed by atoms with van der Waals surface area (Å²) in [7, 11) is 0. The number of benzene rings is 1. The zero-order valence-electron chi connectivity index (χ0n) is 22.1. The fourth-order valence-corrected chi connectivity index (χ4v) is 6.02. The zero-order valence-corrected chi connectivity index (χ0v) is 22.1. The van der Waals surface area contributed by atoms with Gasteiger partial charge in [0.05, 0.1) is 36.5 Å². The van der Waals surface area contributed by atoms with E-state index < -0.39 is 11.8 Å². The van der Waals surface area contributed by atoms with Crippen LogP contribution in [0.1, 0.15) is 52.6 Å². The minimum Gasteiger partial charge on any atom is -0.474 e. The molecule has 2 saturated heterocycles. The maximum Gasteiger partial charge on any atom is 0.392 e. The number of carbonyl (C=O) groups is 1. The van der Waals surface area contributed by atoms with Gasteiger partial charge < -0.3 is 19.0 Å². The highest BCUT2D eigenvalue weighted by Gasteiger charge is 2.58. The van der Waals surface area contributed by atoms with Crippen LogP contribution in [0, 0.1) is 23.1 Å². The Morgan fingerprint density at radius 1 is 1.27 bits per heavy atom. The number of hydrogen-bond donors (Lipinski definition) is 1. The van der Waals surface area contributed by atoms with Crippen molar-refractivity contribution in [3.05, 3.63) is 70.8 Å². The van der Waals surface area contributed by atoms with E-state index in [-0.39, 0.29) is 29.6 Å². The van der Waals surface area contributed by atoms with E-state index in [0.29, 0.717) is 41.8 Å². The number of halogens is 1. The van der Waals surface area contributed by atoms with Gasteiger partial charge in [-0.05, 0) is 49.9 Å².